The summed E-state index contributed by atoms with van der Waals surface area (Å²) in [6, 6.07) is 0.372. The van der Waals surface area contributed by atoms with E-state index in [2.05, 4.69) is 16.2 Å². The average molecular weight is 180 g/mol. The van der Waals surface area contributed by atoms with Gasteiger partial charge in [0.25, 0.3) is 0 Å². The Morgan fingerprint density at radius 2 is 2.54 bits per heavy atom. The molecule has 72 valence electrons. The fourth-order valence-corrected chi connectivity index (χ4v) is 1.82. The van der Waals surface area contributed by atoms with Crippen molar-refractivity contribution in [2.75, 3.05) is 13.1 Å². The minimum Gasteiger partial charge on any atom is -0.326 e. The van der Waals surface area contributed by atoms with E-state index < -0.39 is 0 Å². The third kappa shape index (κ3) is 2.08. The van der Waals surface area contributed by atoms with Gasteiger partial charge in [-0.1, -0.05) is 0 Å². The molecule has 0 saturated carbocycles. The second-order valence-corrected chi connectivity index (χ2v) is 3.81. The molecule has 1 atom stereocenters. The van der Waals surface area contributed by atoms with Gasteiger partial charge in [-0.3, -0.25) is 9.58 Å². The molecule has 1 saturated heterocycles. The van der Waals surface area contributed by atoms with Crippen molar-refractivity contribution in [1.82, 2.24) is 14.7 Å². The molecule has 2 rings (SSSR count). The summed E-state index contributed by atoms with van der Waals surface area (Å²) in [5, 5.41) is 4.14. The highest BCUT2D eigenvalue weighted by atomic mass is 15.2. The average Bonchev–Trinajstić information content (AvgIpc) is 2.62. The van der Waals surface area contributed by atoms with Gasteiger partial charge < -0.3 is 5.73 Å². The first kappa shape index (κ1) is 8.72. The Kier molecular flexibility index (Phi) is 2.33. The van der Waals surface area contributed by atoms with Gasteiger partial charge in [0.05, 0.1) is 6.20 Å². The van der Waals surface area contributed by atoms with Crippen LogP contribution in [0.25, 0.3) is 0 Å². The molecule has 0 unspecified atom stereocenters. The van der Waals surface area contributed by atoms with Crippen molar-refractivity contribution < 1.29 is 0 Å². The maximum Gasteiger partial charge on any atom is 0.0534 e. The maximum atomic E-state index is 5.82. The molecule has 1 aromatic heterocycles. The third-order valence-electron chi connectivity index (χ3n) is 2.47. The lowest BCUT2D eigenvalue weighted by molar-refractivity contribution is 0.327. The number of likely N-dealkylation sites (tertiary alicyclic amines) is 1. The Morgan fingerprint density at radius 3 is 3.08 bits per heavy atom. The normalized spacial score (nSPS) is 24.0. The maximum absolute atomic E-state index is 5.82. The van der Waals surface area contributed by atoms with E-state index in [-0.39, 0.29) is 0 Å². The number of rotatable bonds is 2. The zero-order valence-electron chi connectivity index (χ0n) is 7.98. The largest absolute Gasteiger partial charge is 0.326 e. The van der Waals surface area contributed by atoms with Crippen LogP contribution in [0.1, 0.15) is 12.0 Å². The van der Waals surface area contributed by atoms with Crippen LogP contribution in [0.3, 0.4) is 0 Å². The van der Waals surface area contributed by atoms with Crippen molar-refractivity contribution in [1.29, 1.82) is 0 Å². The first-order valence-corrected chi connectivity index (χ1v) is 4.69. The third-order valence-corrected chi connectivity index (χ3v) is 2.47. The lowest BCUT2D eigenvalue weighted by Gasteiger charge is -2.12. The molecule has 2 heterocycles. The van der Waals surface area contributed by atoms with Gasteiger partial charge in [0.2, 0.25) is 0 Å². The number of aryl methyl sites for hydroxylation is 1. The van der Waals surface area contributed by atoms with Crippen LogP contribution in [0.2, 0.25) is 0 Å². The van der Waals surface area contributed by atoms with Crippen LogP contribution in [-0.4, -0.2) is 33.8 Å². The summed E-state index contributed by atoms with van der Waals surface area (Å²) in [5.41, 5.74) is 7.10. The predicted octanol–water partition coefficient (Wildman–Crippen LogP) is -0.0469. The minimum absolute atomic E-state index is 0.372. The Balaban J connectivity index is 1.91. The molecule has 0 spiro atoms. The van der Waals surface area contributed by atoms with Gasteiger partial charge in [-0.15, -0.1) is 0 Å². The molecular weight excluding hydrogens is 164 g/mol. The first-order chi connectivity index (χ1) is 6.24. The molecule has 4 heteroatoms. The standard InChI is InChI=1S/C9H16N4/c1-12-5-8(4-11-12)6-13-3-2-9(10)7-13/h4-5,9H,2-3,6-7,10H2,1H3/t9-/m1/s1. The van der Waals surface area contributed by atoms with Gasteiger partial charge >= 0.3 is 0 Å². The van der Waals surface area contributed by atoms with Crippen LogP contribution in [0.15, 0.2) is 12.4 Å². The molecule has 1 aliphatic rings. The zero-order chi connectivity index (χ0) is 9.26. The van der Waals surface area contributed by atoms with Crippen molar-refractivity contribution in [3.8, 4) is 0 Å². The number of nitrogens with zero attached hydrogens (tertiary/aromatic N) is 3. The van der Waals surface area contributed by atoms with Crippen LogP contribution in [0, 0.1) is 0 Å². The van der Waals surface area contributed by atoms with Crippen LogP contribution in [0.5, 0.6) is 0 Å². The Bertz CT molecular complexity index is 281. The van der Waals surface area contributed by atoms with Crippen LogP contribution < -0.4 is 5.73 Å². The topological polar surface area (TPSA) is 47.1 Å². The lowest BCUT2D eigenvalue weighted by Crippen LogP contribution is -2.26. The quantitative estimate of drug-likeness (QED) is 0.694. The van der Waals surface area contributed by atoms with E-state index in [9.17, 15) is 0 Å². The molecule has 0 radical (unpaired) electrons. The highest BCUT2D eigenvalue weighted by Crippen LogP contribution is 2.11. The van der Waals surface area contributed by atoms with Gasteiger partial charge in [0.15, 0.2) is 0 Å². The molecule has 1 aliphatic heterocycles. The van der Waals surface area contributed by atoms with Crippen LogP contribution in [0.4, 0.5) is 0 Å². The number of hydrogen-bond acceptors (Lipinski definition) is 3. The molecule has 1 aromatic rings. The van der Waals surface area contributed by atoms with E-state index in [0.717, 1.165) is 26.1 Å². The monoisotopic (exact) mass is 180 g/mol. The summed E-state index contributed by atoms with van der Waals surface area (Å²) in [6.07, 6.45) is 5.11. The highest BCUT2D eigenvalue weighted by molar-refractivity contribution is 5.03. The van der Waals surface area contributed by atoms with E-state index in [1.807, 2.05) is 17.9 Å². The number of hydrogen-bond donors (Lipinski definition) is 1. The summed E-state index contributed by atoms with van der Waals surface area (Å²) in [6.45, 7) is 3.13. The first-order valence-electron chi connectivity index (χ1n) is 4.69. The summed E-state index contributed by atoms with van der Waals surface area (Å²) in [5.74, 6) is 0. The Labute approximate surface area is 78.3 Å². The number of aromatic nitrogens is 2. The fourth-order valence-electron chi connectivity index (χ4n) is 1.82. The molecule has 4 nitrogen and oxygen atoms in total. The smallest absolute Gasteiger partial charge is 0.0534 e. The molecule has 0 aromatic carbocycles. The summed E-state index contributed by atoms with van der Waals surface area (Å²) < 4.78 is 1.84. The van der Waals surface area contributed by atoms with Gasteiger partial charge in [-0.2, -0.15) is 5.10 Å². The molecule has 0 bridgehead atoms. The van der Waals surface area contributed by atoms with Gasteiger partial charge in [-0.05, 0) is 6.42 Å². The SMILES string of the molecule is Cn1cc(CN2CC[C@@H](N)C2)cn1. The van der Waals surface area contributed by atoms with E-state index in [0.29, 0.717) is 6.04 Å². The minimum atomic E-state index is 0.372. The van der Waals surface area contributed by atoms with Gasteiger partial charge in [0.1, 0.15) is 0 Å². The zero-order valence-corrected chi connectivity index (χ0v) is 7.98. The van der Waals surface area contributed by atoms with E-state index in [1.54, 1.807) is 0 Å². The summed E-state index contributed by atoms with van der Waals surface area (Å²) >= 11 is 0. The van der Waals surface area contributed by atoms with Crippen LogP contribution >= 0.6 is 0 Å². The van der Waals surface area contributed by atoms with Crippen molar-refractivity contribution in [3.63, 3.8) is 0 Å². The van der Waals surface area contributed by atoms with E-state index in [4.69, 9.17) is 5.73 Å². The second-order valence-electron chi connectivity index (χ2n) is 3.81. The van der Waals surface area contributed by atoms with Crippen LogP contribution in [-0.2, 0) is 13.6 Å². The Hall–Kier alpha value is -0.870. The van der Waals surface area contributed by atoms with Crippen molar-refractivity contribution in [3.05, 3.63) is 18.0 Å². The number of nitrogens with two attached hydrogens (primary N) is 1. The molecule has 13 heavy (non-hydrogen) atoms. The van der Waals surface area contributed by atoms with Gasteiger partial charge in [0, 0.05) is 44.5 Å². The summed E-state index contributed by atoms with van der Waals surface area (Å²) in [4.78, 5) is 2.38. The van der Waals surface area contributed by atoms with E-state index in [1.165, 1.54) is 5.56 Å². The lowest BCUT2D eigenvalue weighted by atomic mass is 10.3. The molecular formula is C9H16N4. The van der Waals surface area contributed by atoms with Crippen molar-refractivity contribution in [2.45, 2.75) is 19.0 Å². The molecule has 1 fully saturated rings. The molecule has 0 amide bonds. The predicted molar refractivity (Wildman–Crippen MR) is 51.1 cm³/mol. The molecule has 2 N–H and O–H groups in total. The van der Waals surface area contributed by atoms with Crippen molar-refractivity contribution >= 4 is 0 Å². The van der Waals surface area contributed by atoms with Crippen molar-refractivity contribution in [2.24, 2.45) is 12.8 Å². The Morgan fingerprint density at radius 1 is 1.69 bits per heavy atom. The molecule has 0 aliphatic carbocycles. The highest BCUT2D eigenvalue weighted by Gasteiger charge is 2.18. The summed E-state index contributed by atoms with van der Waals surface area (Å²) in [7, 11) is 1.94. The fraction of sp³-hybridized carbons (Fsp3) is 0.667. The second kappa shape index (κ2) is 3.47. The van der Waals surface area contributed by atoms with E-state index >= 15 is 0 Å². The van der Waals surface area contributed by atoms with Gasteiger partial charge in [-0.25, -0.2) is 0 Å².